The van der Waals surface area contributed by atoms with E-state index in [0.29, 0.717) is 13.0 Å². The SMILES string of the molecule is CCCCCCN(C)C[C@H](Cc1c[nH]c2ccccc12)NC(=O)[C@H](CCCN=C(N)N[N+](=O)[O-])NC(=O)[C@@H](Cc1ccccc1)NC(=O)OC(C)(C)C. The molecule has 7 N–H and O–H groups in total. The van der Waals surface area contributed by atoms with Crippen LogP contribution in [0.3, 0.4) is 0 Å². The van der Waals surface area contributed by atoms with Gasteiger partial charge in [-0.3, -0.25) is 9.59 Å². The van der Waals surface area contributed by atoms with Crippen LogP contribution in [-0.4, -0.2) is 89.2 Å². The number of ether oxygens (including phenoxy) is 1. The molecule has 15 nitrogen and oxygen atoms in total. The Morgan fingerprint density at radius 3 is 2.34 bits per heavy atom. The first-order valence-electron chi connectivity index (χ1n) is 18.3. The molecule has 0 bridgehead atoms. The minimum absolute atomic E-state index is 0.0647. The number of benzene rings is 2. The van der Waals surface area contributed by atoms with Crippen molar-refractivity contribution in [3.05, 3.63) is 82.0 Å². The molecule has 0 radical (unpaired) electrons. The van der Waals surface area contributed by atoms with Crippen LogP contribution in [0.5, 0.6) is 0 Å². The second-order valence-electron chi connectivity index (χ2n) is 14.3. The fraction of sp³-hybridized carbons (Fsp3) is 0.526. The highest BCUT2D eigenvalue weighted by atomic mass is 16.7. The van der Waals surface area contributed by atoms with Gasteiger partial charge in [-0.2, -0.15) is 0 Å². The number of rotatable bonds is 21. The predicted octanol–water partition coefficient (Wildman–Crippen LogP) is 4.20. The maximum absolute atomic E-state index is 14.2. The van der Waals surface area contributed by atoms with E-state index in [9.17, 15) is 24.5 Å². The summed E-state index contributed by atoms with van der Waals surface area (Å²) in [5.41, 5.74) is 9.45. The number of likely N-dealkylation sites (N-methyl/N-ethyl adjacent to an activating group) is 1. The summed E-state index contributed by atoms with van der Waals surface area (Å²) in [7, 11) is 2.04. The number of alkyl carbamates (subject to hydrolysis) is 1. The van der Waals surface area contributed by atoms with E-state index in [4.69, 9.17) is 10.5 Å². The summed E-state index contributed by atoms with van der Waals surface area (Å²) in [6.45, 7) is 8.86. The fourth-order valence-electron chi connectivity index (χ4n) is 5.98. The Morgan fingerprint density at radius 1 is 0.943 bits per heavy atom. The summed E-state index contributed by atoms with van der Waals surface area (Å²) in [5, 5.41) is 19.8. The smallest absolute Gasteiger partial charge is 0.408 e. The lowest BCUT2D eigenvalue weighted by Gasteiger charge is -2.28. The summed E-state index contributed by atoms with van der Waals surface area (Å²) in [6.07, 6.45) is 6.77. The van der Waals surface area contributed by atoms with Crippen LogP contribution < -0.4 is 27.1 Å². The summed E-state index contributed by atoms with van der Waals surface area (Å²) in [4.78, 5) is 61.3. The van der Waals surface area contributed by atoms with E-state index in [1.807, 2.05) is 67.8 Å². The number of hydrazine groups is 1. The van der Waals surface area contributed by atoms with Crippen LogP contribution in [0.1, 0.15) is 77.3 Å². The number of aromatic nitrogens is 1. The summed E-state index contributed by atoms with van der Waals surface area (Å²) in [6, 6.07) is 14.8. The molecule has 0 aliphatic carbocycles. The standard InChI is InChI=1S/C38H57N9O6/c1-6-7-8-14-22-46(5)26-29(24-28-25-41-31-19-13-12-18-30(28)31)42-34(48)32(20-15-21-40-36(39)45-47(51)52)43-35(49)33(23-27-16-10-9-11-17-27)44-37(50)53-38(2,3)4/h9-13,16-19,25,29,32-33,41H,6-8,14-15,20-24,26H2,1-5H3,(H,42,48)(H,43,49)(H,44,50)(H3,39,40,45)/t29-,32-,33+/m0/s1. The molecule has 3 atom stereocenters. The number of aliphatic imine (C=N–C) groups is 1. The van der Waals surface area contributed by atoms with Gasteiger partial charge in [0.2, 0.25) is 11.8 Å². The number of carbonyl (C=O) groups is 3. The van der Waals surface area contributed by atoms with Crippen LogP contribution in [-0.2, 0) is 27.2 Å². The quantitative estimate of drug-likeness (QED) is 0.0304. The molecule has 2 aromatic carbocycles. The van der Waals surface area contributed by atoms with Gasteiger partial charge in [0.05, 0.1) is 0 Å². The number of fused-ring (bicyclic) bond motifs is 1. The number of guanidine groups is 1. The van der Waals surface area contributed by atoms with E-state index in [1.54, 1.807) is 26.2 Å². The third kappa shape index (κ3) is 15.9. The molecule has 0 aliphatic rings. The maximum Gasteiger partial charge on any atom is 0.408 e. The molecule has 0 saturated heterocycles. The zero-order chi connectivity index (χ0) is 38.8. The van der Waals surface area contributed by atoms with Crippen molar-refractivity contribution >= 4 is 34.8 Å². The highest BCUT2D eigenvalue weighted by molar-refractivity contribution is 5.91. The van der Waals surface area contributed by atoms with Gasteiger partial charge in [0.1, 0.15) is 17.7 Å². The largest absolute Gasteiger partial charge is 0.444 e. The first kappa shape index (κ1) is 42.2. The molecule has 0 saturated carbocycles. The monoisotopic (exact) mass is 735 g/mol. The molecule has 1 aromatic heterocycles. The maximum atomic E-state index is 14.2. The van der Waals surface area contributed by atoms with E-state index in [0.717, 1.165) is 54.3 Å². The zero-order valence-corrected chi connectivity index (χ0v) is 31.7. The van der Waals surface area contributed by atoms with Gasteiger partial charge in [-0.25, -0.2) is 19.9 Å². The first-order valence-corrected chi connectivity index (χ1v) is 18.3. The molecule has 0 fully saturated rings. The van der Waals surface area contributed by atoms with E-state index in [1.165, 1.54) is 0 Å². The van der Waals surface area contributed by atoms with Crippen molar-refractivity contribution in [2.24, 2.45) is 10.7 Å². The Hall–Kier alpha value is -5.18. The number of H-pyrrole nitrogens is 1. The molecule has 3 rings (SSSR count). The molecular formula is C38H57N9O6. The number of nitrogens with zero attached hydrogens (tertiary/aromatic N) is 3. The predicted molar refractivity (Wildman–Crippen MR) is 207 cm³/mol. The van der Waals surface area contributed by atoms with Gasteiger partial charge in [0, 0.05) is 42.7 Å². The van der Waals surface area contributed by atoms with Gasteiger partial charge in [-0.1, -0.05) is 80.1 Å². The van der Waals surface area contributed by atoms with Crippen molar-refractivity contribution in [3.8, 4) is 0 Å². The molecule has 0 aliphatic heterocycles. The normalized spacial score (nSPS) is 13.6. The number of hydrogen-bond acceptors (Lipinski definition) is 8. The Morgan fingerprint density at radius 2 is 1.64 bits per heavy atom. The lowest BCUT2D eigenvalue weighted by atomic mass is 10.0. The van der Waals surface area contributed by atoms with Crippen molar-refractivity contribution in [1.29, 1.82) is 0 Å². The summed E-state index contributed by atoms with van der Waals surface area (Å²) >= 11 is 0. The number of nitrogens with one attached hydrogen (secondary N) is 5. The molecule has 3 aromatic rings. The van der Waals surface area contributed by atoms with E-state index < -0.39 is 40.6 Å². The molecule has 3 amide bonds. The van der Waals surface area contributed by atoms with Crippen molar-refractivity contribution < 1.29 is 24.2 Å². The van der Waals surface area contributed by atoms with Crippen LogP contribution >= 0.6 is 0 Å². The Kier molecular flexibility index (Phi) is 17.0. The topological polar surface area (TPSA) is 209 Å². The Labute approximate surface area is 312 Å². The molecule has 0 spiro atoms. The lowest BCUT2D eigenvalue weighted by Crippen LogP contribution is -2.57. The van der Waals surface area contributed by atoms with Crippen molar-refractivity contribution in [1.82, 2.24) is 31.3 Å². The Bertz CT molecular complexity index is 1640. The third-order valence-corrected chi connectivity index (χ3v) is 8.48. The van der Waals surface area contributed by atoms with E-state index >= 15 is 0 Å². The van der Waals surface area contributed by atoms with Crippen LogP contribution in [0.2, 0.25) is 0 Å². The van der Waals surface area contributed by atoms with Crippen LogP contribution in [0.4, 0.5) is 4.79 Å². The van der Waals surface area contributed by atoms with Crippen molar-refractivity contribution in [2.75, 3.05) is 26.7 Å². The average Bonchev–Trinajstić information content (AvgIpc) is 3.49. The number of nitrogens with two attached hydrogens (primary N) is 1. The van der Waals surface area contributed by atoms with Gasteiger partial charge in [-0.15, -0.1) is 0 Å². The van der Waals surface area contributed by atoms with Gasteiger partial charge in [-0.05, 0) is 77.2 Å². The Balaban J connectivity index is 1.86. The van der Waals surface area contributed by atoms with Crippen LogP contribution in [0.25, 0.3) is 10.9 Å². The van der Waals surface area contributed by atoms with Gasteiger partial charge in [0.15, 0.2) is 5.03 Å². The molecule has 15 heteroatoms. The molecular weight excluding hydrogens is 678 g/mol. The number of carbonyl (C=O) groups excluding carboxylic acids is 3. The lowest BCUT2D eigenvalue weighted by molar-refractivity contribution is -0.525. The van der Waals surface area contributed by atoms with Crippen molar-refractivity contribution in [3.63, 3.8) is 0 Å². The third-order valence-electron chi connectivity index (χ3n) is 8.48. The number of para-hydroxylation sites is 1. The minimum Gasteiger partial charge on any atom is -0.444 e. The highest BCUT2D eigenvalue weighted by Gasteiger charge is 2.30. The number of amides is 3. The molecule has 1 heterocycles. The number of aromatic amines is 1. The summed E-state index contributed by atoms with van der Waals surface area (Å²) < 4.78 is 5.45. The van der Waals surface area contributed by atoms with E-state index in [-0.39, 0.29) is 37.8 Å². The molecule has 290 valence electrons. The fourth-order valence-corrected chi connectivity index (χ4v) is 5.98. The second-order valence-corrected chi connectivity index (χ2v) is 14.3. The van der Waals surface area contributed by atoms with Crippen LogP contribution in [0.15, 0.2) is 65.8 Å². The second kappa shape index (κ2) is 21.4. The number of hydrogen-bond donors (Lipinski definition) is 6. The van der Waals surface area contributed by atoms with Gasteiger partial charge < -0.3 is 36.3 Å². The highest BCUT2D eigenvalue weighted by Crippen LogP contribution is 2.20. The minimum atomic E-state index is -1.06. The number of unbranched alkanes of at least 4 members (excludes halogenated alkanes) is 3. The molecule has 0 unspecified atom stereocenters. The van der Waals surface area contributed by atoms with Crippen molar-refractivity contribution in [2.45, 2.75) is 103 Å². The van der Waals surface area contributed by atoms with Gasteiger partial charge >= 0.3 is 6.09 Å². The van der Waals surface area contributed by atoms with Gasteiger partial charge in [0.25, 0.3) is 5.96 Å². The van der Waals surface area contributed by atoms with E-state index in [2.05, 4.69) is 37.8 Å². The van der Waals surface area contributed by atoms with Crippen LogP contribution in [0, 0.1) is 10.1 Å². The average molecular weight is 736 g/mol. The number of nitro groups is 1. The zero-order valence-electron chi connectivity index (χ0n) is 31.7. The summed E-state index contributed by atoms with van der Waals surface area (Å²) in [5.74, 6) is -1.34. The first-order chi connectivity index (χ1) is 25.2. The molecule has 53 heavy (non-hydrogen) atoms.